The molecule has 0 aliphatic carbocycles. The maximum Gasteiger partial charge on any atom is 0.154 e. The Bertz CT molecular complexity index is 439. The molecule has 3 N–H and O–H groups in total. The molecule has 0 fully saturated rings. The van der Waals surface area contributed by atoms with Crippen LogP contribution in [0.4, 0.5) is 5.82 Å². The average Bonchev–Trinajstić information content (AvgIpc) is 2.49. The molecule has 0 aromatic carbocycles. The second-order valence-electron chi connectivity index (χ2n) is 2.64. The summed E-state index contributed by atoms with van der Waals surface area (Å²) in [6.45, 7) is 1.65. The van der Waals surface area contributed by atoms with Crippen LogP contribution >= 0.6 is 11.3 Å². The Balaban J connectivity index is 2.68. The van der Waals surface area contributed by atoms with Crippen LogP contribution in [0.25, 0.3) is 10.3 Å². The van der Waals surface area contributed by atoms with E-state index in [9.17, 15) is 5.11 Å². The third-order valence-corrected chi connectivity index (χ3v) is 2.73. The van der Waals surface area contributed by atoms with Gasteiger partial charge in [-0.1, -0.05) is 11.3 Å². The van der Waals surface area contributed by atoms with E-state index >= 15 is 0 Å². The van der Waals surface area contributed by atoms with Gasteiger partial charge >= 0.3 is 0 Å². The van der Waals surface area contributed by atoms with E-state index in [0.717, 1.165) is 0 Å². The number of aliphatic hydroxyl groups excluding tert-OH is 1. The summed E-state index contributed by atoms with van der Waals surface area (Å²) >= 11 is 1.33. The first-order valence-corrected chi connectivity index (χ1v) is 4.55. The van der Waals surface area contributed by atoms with Crippen molar-refractivity contribution in [2.45, 2.75) is 13.0 Å². The number of hydrogen-bond donors (Lipinski definition) is 2. The van der Waals surface area contributed by atoms with Crippen LogP contribution in [0.15, 0.2) is 6.33 Å². The first-order valence-electron chi connectivity index (χ1n) is 3.73. The van der Waals surface area contributed by atoms with Gasteiger partial charge in [0, 0.05) is 0 Å². The van der Waals surface area contributed by atoms with E-state index in [-0.39, 0.29) is 0 Å². The summed E-state index contributed by atoms with van der Waals surface area (Å²) in [6, 6.07) is 0. The predicted octanol–water partition coefficient (Wildman–Crippen LogP) is 0.722. The smallest absolute Gasteiger partial charge is 0.154 e. The number of fused-ring (bicyclic) bond motifs is 1. The molecule has 2 rings (SSSR count). The summed E-state index contributed by atoms with van der Waals surface area (Å²) in [7, 11) is 0. The van der Waals surface area contributed by atoms with Crippen molar-refractivity contribution >= 4 is 27.5 Å². The van der Waals surface area contributed by atoms with Gasteiger partial charge in [0.25, 0.3) is 0 Å². The van der Waals surface area contributed by atoms with Crippen LogP contribution in [0, 0.1) is 0 Å². The molecule has 6 heteroatoms. The number of nitrogens with zero attached hydrogens (tertiary/aromatic N) is 3. The highest BCUT2D eigenvalue weighted by Crippen LogP contribution is 2.26. The number of thiazole rings is 1. The van der Waals surface area contributed by atoms with Crippen LogP contribution in [0.2, 0.25) is 0 Å². The molecular weight excluding hydrogens is 188 g/mol. The van der Waals surface area contributed by atoms with E-state index in [1.54, 1.807) is 6.92 Å². The number of aromatic nitrogens is 3. The van der Waals surface area contributed by atoms with Crippen LogP contribution < -0.4 is 5.73 Å². The summed E-state index contributed by atoms with van der Waals surface area (Å²) in [6.07, 6.45) is 0.806. The molecule has 0 saturated carbocycles. The molecule has 0 amide bonds. The standard InChI is InChI=1S/C7H8N4OS/c1-3(12)6-11-4-5(8)9-2-10-7(4)13-6/h2-3,12H,1H3,(H2,8,9,10). The molecule has 1 atom stereocenters. The Kier molecular flexibility index (Phi) is 1.86. The fraction of sp³-hybridized carbons (Fsp3) is 0.286. The minimum atomic E-state index is -0.585. The van der Waals surface area contributed by atoms with E-state index < -0.39 is 6.10 Å². The lowest BCUT2D eigenvalue weighted by molar-refractivity contribution is 0.199. The lowest BCUT2D eigenvalue weighted by Crippen LogP contribution is -1.92. The van der Waals surface area contributed by atoms with Crippen LogP contribution in [-0.4, -0.2) is 20.1 Å². The number of hydrogen-bond acceptors (Lipinski definition) is 6. The molecule has 0 aliphatic rings. The zero-order valence-electron chi connectivity index (χ0n) is 6.93. The highest BCUT2D eigenvalue weighted by molar-refractivity contribution is 7.18. The van der Waals surface area contributed by atoms with E-state index in [1.807, 2.05) is 0 Å². The minimum absolute atomic E-state index is 0.355. The van der Waals surface area contributed by atoms with Crippen molar-refractivity contribution in [3.8, 4) is 0 Å². The van der Waals surface area contributed by atoms with E-state index in [4.69, 9.17) is 5.73 Å². The fourth-order valence-electron chi connectivity index (χ4n) is 0.966. The molecule has 1 unspecified atom stereocenters. The van der Waals surface area contributed by atoms with Crippen molar-refractivity contribution in [3.63, 3.8) is 0 Å². The maximum atomic E-state index is 9.27. The maximum absolute atomic E-state index is 9.27. The fourth-order valence-corrected chi connectivity index (χ4v) is 1.82. The first-order chi connectivity index (χ1) is 6.18. The zero-order chi connectivity index (χ0) is 9.42. The molecule has 68 valence electrons. The van der Waals surface area contributed by atoms with Crippen LogP contribution in [0.1, 0.15) is 18.0 Å². The number of anilines is 1. The number of nitrogen functional groups attached to an aromatic ring is 1. The topological polar surface area (TPSA) is 84.9 Å². The molecule has 0 aliphatic heterocycles. The molecule has 2 aromatic heterocycles. The SMILES string of the molecule is CC(O)c1nc2c(N)ncnc2s1. The Labute approximate surface area is 78.3 Å². The molecule has 0 saturated heterocycles. The van der Waals surface area contributed by atoms with Crippen molar-refractivity contribution < 1.29 is 5.11 Å². The zero-order valence-corrected chi connectivity index (χ0v) is 7.75. The second kappa shape index (κ2) is 2.90. The Morgan fingerprint density at radius 1 is 1.54 bits per heavy atom. The van der Waals surface area contributed by atoms with Crippen molar-refractivity contribution in [2.75, 3.05) is 5.73 Å². The Hall–Kier alpha value is -1.27. The Morgan fingerprint density at radius 2 is 2.31 bits per heavy atom. The number of aliphatic hydroxyl groups is 1. The van der Waals surface area contributed by atoms with Gasteiger partial charge in [0.1, 0.15) is 27.8 Å². The van der Waals surface area contributed by atoms with Gasteiger partial charge in [-0.25, -0.2) is 15.0 Å². The van der Waals surface area contributed by atoms with Gasteiger partial charge < -0.3 is 10.8 Å². The summed E-state index contributed by atoms with van der Waals surface area (Å²) in [5.74, 6) is 0.355. The number of rotatable bonds is 1. The van der Waals surface area contributed by atoms with Gasteiger partial charge in [-0.2, -0.15) is 0 Å². The molecule has 5 nitrogen and oxygen atoms in total. The summed E-state index contributed by atoms with van der Waals surface area (Å²) < 4.78 is 0. The quantitative estimate of drug-likeness (QED) is 0.702. The van der Waals surface area contributed by atoms with Crippen LogP contribution in [0.3, 0.4) is 0 Å². The summed E-state index contributed by atoms with van der Waals surface area (Å²) in [5, 5.41) is 9.89. The number of nitrogens with two attached hydrogens (primary N) is 1. The largest absolute Gasteiger partial charge is 0.386 e. The third kappa shape index (κ3) is 1.34. The predicted molar refractivity (Wildman–Crippen MR) is 50.3 cm³/mol. The first kappa shape index (κ1) is 8.33. The minimum Gasteiger partial charge on any atom is -0.386 e. The summed E-state index contributed by atoms with van der Waals surface area (Å²) in [5.41, 5.74) is 6.15. The monoisotopic (exact) mass is 196 g/mol. The molecule has 2 heterocycles. The lowest BCUT2D eigenvalue weighted by atomic mass is 10.4. The van der Waals surface area contributed by atoms with Gasteiger partial charge in [0.2, 0.25) is 0 Å². The van der Waals surface area contributed by atoms with Gasteiger partial charge in [-0.15, -0.1) is 0 Å². The van der Waals surface area contributed by atoms with Crippen molar-refractivity contribution in [1.82, 2.24) is 15.0 Å². The van der Waals surface area contributed by atoms with E-state index in [2.05, 4.69) is 15.0 Å². The average molecular weight is 196 g/mol. The van der Waals surface area contributed by atoms with Gasteiger partial charge in [-0.05, 0) is 6.92 Å². The van der Waals surface area contributed by atoms with Gasteiger partial charge in [0.05, 0.1) is 0 Å². The van der Waals surface area contributed by atoms with Crippen molar-refractivity contribution in [1.29, 1.82) is 0 Å². The highest BCUT2D eigenvalue weighted by atomic mass is 32.1. The van der Waals surface area contributed by atoms with Gasteiger partial charge in [0.15, 0.2) is 5.82 Å². The molecule has 0 spiro atoms. The molecular formula is C7H8N4OS. The third-order valence-electron chi connectivity index (χ3n) is 1.60. The molecule has 2 aromatic rings. The normalized spacial score (nSPS) is 13.4. The van der Waals surface area contributed by atoms with E-state index in [1.165, 1.54) is 17.7 Å². The van der Waals surface area contributed by atoms with Gasteiger partial charge in [-0.3, -0.25) is 0 Å². The second-order valence-corrected chi connectivity index (χ2v) is 3.65. The van der Waals surface area contributed by atoms with Crippen LogP contribution in [0.5, 0.6) is 0 Å². The van der Waals surface area contributed by atoms with E-state index in [0.29, 0.717) is 21.2 Å². The summed E-state index contributed by atoms with van der Waals surface area (Å²) in [4.78, 5) is 12.6. The molecule has 0 radical (unpaired) electrons. The van der Waals surface area contributed by atoms with Crippen molar-refractivity contribution in [3.05, 3.63) is 11.3 Å². The van der Waals surface area contributed by atoms with Crippen molar-refractivity contribution in [2.24, 2.45) is 0 Å². The molecule has 0 bridgehead atoms. The Morgan fingerprint density at radius 3 is 2.92 bits per heavy atom. The lowest BCUT2D eigenvalue weighted by Gasteiger charge is -1.94. The van der Waals surface area contributed by atoms with Crippen LogP contribution in [-0.2, 0) is 0 Å². The highest BCUT2D eigenvalue weighted by Gasteiger charge is 2.11. The molecule has 13 heavy (non-hydrogen) atoms.